The lowest BCUT2D eigenvalue weighted by Gasteiger charge is -2.08. The van der Waals surface area contributed by atoms with Gasteiger partial charge in [0.15, 0.2) is 6.61 Å². The first-order valence-corrected chi connectivity index (χ1v) is 7.72. The lowest BCUT2D eigenvalue weighted by molar-refractivity contribution is -0.385. The number of nitrogens with zero attached hydrogens (tertiary/aromatic N) is 1. The number of methoxy groups -OCH3 is 1. The molecule has 0 spiro atoms. The first-order chi connectivity index (χ1) is 12.8. The number of nitro groups is 1. The quantitative estimate of drug-likeness (QED) is 0.469. The van der Waals surface area contributed by atoms with Crippen LogP contribution in [0.2, 0.25) is 0 Å². The van der Waals surface area contributed by atoms with Gasteiger partial charge in [0, 0.05) is 17.3 Å². The van der Waals surface area contributed by atoms with Gasteiger partial charge in [-0.25, -0.2) is 9.59 Å². The topological polar surface area (TPSA) is 125 Å². The zero-order valence-electron chi connectivity index (χ0n) is 14.6. The van der Waals surface area contributed by atoms with Gasteiger partial charge in [0.2, 0.25) is 0 Å². The molecule has 0 aliphatic carbocycles. The minimum absolute atomic E-state index is 0.0959. The molecule has 0 aromatic heterocycles. The van der Waals surface area contributed by atoms with E-state index >= 15 is 0 Å². The number of nitrogens with one attached hydrogen (secondary N) is 1. The van der Waals surface area contributed by atoms with E-state index in [0.717, 1.165) is 0 Å². The van der Waals surface area contributed by atoms with Gasteiger partial charge in [-0.2, -0.15) is 0 Å². The number of hydrogen-bond acceptors (Lipinski definition) is 7. The third-order valence-electron chi connectivity index (χ3n) is 3.53. The Bertz CT molecular complexity index is 908. The average Bonchev–Trinajstić information content (AvgIpc) is 2.65. The summed E-state index contributed by atoms with van der Waals surface area (Å²) in [6.07, 6.45) is 0. The normalized spacial score (nSPS) is 10.0. The maximum Gasteiger partial charge on any atom is 0.338 e. The Morgan fingerprint density at radius 2 is 1.78 bits per heavy atom. The first kappa shape index (κ1) is 19.6. The van der Waals surface area contributed by atoms with Crippen molar-refractivity contribution in [1.82, 2.24) is 0 Å². The summed E-state index contributed by atoms with van der Waals surface area (Å²) in [6.45, 7) is 0.938. The van der Waals surface area contributed by atoms with Crippen LogP contribution in [0.25, 0.3) is 0 Å². The van der Waals surface area contributed by atoms with E-state index in [1.165, 1.54) is 44.4 Å². The highest BCUT2D eigenvalue weighted by Crippen LogP contribution is 2.19. The average molecular weight is 372 g/mol. The van der Waals surface area contributed by atoms with Crippen molar-refractivity contribution in [2.24, 2.45) is 0 Å². The van der Waals surface area contributed by atoms with E-state index in [1.807, 2.05) is 0 Å². The number of nitro benzene ring substituents is 1. The van der Waals surface area contributed by atoms with Crippen LogP contribution in [0.15, 0.2) is 42.5 Å². The van der Waals surface area contributed by atoms with Crippen molar-refractivity contribution in [2.75, 3.05) is 19.0 Å². The molecular formula is C18H16N2O7. The second-order valence-electron chi connectivity index (χ2n) is 5.46. The highest BCUT2D eigenvalue weighted by atomic mass is 16.6. The molecule has 0 bridgehead atoms. The molecule has 0 fully saturated rings. The lowest BCUT2D eigenvalue weighted by atomic mass is 10.1. The van der Waals surface area contributed by atoms with Crippen molar-refractivity contribution < 1.29 is 28.8 Å². The zero-order valence-corrected chi connectivity index (χ0v) is 14.6. The van der Waals surface area contributed by atoms with E-state index in [4.69, 9.17) is 4.74 Å². The van der Waals surface area contributed by atoms with Crippen LogP contribution in [0.4, 0.5) is 11.4 Å². The molecule has 1 N–H and O–H groups in total. The van der Waals surface area contributed by atoms with E-state index in [0.29, 0.717) is 11.3 Å². The molecule has 2 rings (SSSR count). The molecule has 0 aliphatic rings. The molecule has 0 saturated carbocycles. The van der Waals surface area contributed by atoms with Gasteiger partial charge in [-0.1, -0.05) is 6.07 Å². The van der Waals surface area contributed by atoms with E-state index in [-0.39, 0.29) is 16.8 Å². The summed E-state index contributed by atoms with van der Waals surface area (Å²) in [5.41, 5.74) is 0.880. The summed E-state index contributed by atoms with van der Waals surface area (Å²) in [6, 6.07) is 9.84. The van der Waals surface area contributed by atoms with Gasteiger partial charge in [0.05, 0.1) is 23.2 Å². The Morgan fingerprint density at radius 3 is 2.41 bits per heavy atom. The monoisotopic (exact) mass is 372 g/mol. The summed E-state index contributed by atoms with van der Waals surface area (Å²) < 4.78 is 9.50. The molecule has 9 nitrogen and oxygen atoms in total. The molecular weight excluding hydrogens is 356 g/mol. The Labute approximate surface area is 154 Å². The molecule has 0 radical (unpaired) electrons. The lowest BCUT2D eigenvalue weighted by Crippen LogP contribution is -2.21. The van der Waals surface area contributed by atoms with Crippen molar-refractivity contribution in [3.63, 3.8) is 0 Å². The number of anilines is 1. The minimum atomic E-state index is -0.786. The predicted octanol–water partition coefficient (Wildman–Crippen LogP) is 2.49. The standard InChI is InChI=1S/C18H16N2O7/c1-11-8-13(6-7-15(11)20(24)25)18(23)27-10-16(21)19-14-5-3-4-12(9-14)17(22)26-2/h3-9H,10H2,1-2H3,(H,19,21). The third-order valence-corrected chi connectivity index (χ3v) is 3.53. The van der Waals surface area contributed by atoms with Crippen LogP contribution in [0.3, 0.4) is 0 Å². The molecule has 0 saturated heterocycles. The van der Waals surface area contributed by atoms with Crippen LogP contribution in [-0.2, 0) is 14.3 Å². The summed E-state index contributed by atoms with van der Waals surface area (Å²) in [4.78, 5) is 45.6. The number of rotatable bonds is 6. The number of benzene rings is 2. The number of amides is 1. The smallest absolute Gasteiger partial charge is 0.338 e. The molecule has 2 aromatic rings. The molecule has 0 atom stereocenters. The van der Waals surface area contributed by atoms with Crippen LogP contribution in [-0.4, -0.2) is 36.5 Å². The van der Waals surface area contributed by atoms with Crippen molar-refractivity contribution in [1.29, 1.82) is 0 Å². The van der Waals surface area contributed by atoms with Crippen LogP contribution in [0.1, 0.15) is 26.3 Å². The van der Waals surface area contributed by atoms with Gasteiger partial charge < -0.3 is 14.8 Å². The molecule has 2 aromatic carbocycles. The fourth-order valence-electron chi connectivity index (χ4n) is 2.24. The maximum absolute atomic E-state index is 12.0. The first-order valence-electron chi connectivity index (χ1n) is 7.72. The maximum atomic E-state index is 12.0. The third kappa shape index (κ3) is 5.11. The number of esters is 2. The molecule has 0 unspecified atom stereocenters. The van der Waals surface area contributed by atoms with Crippen molar-refractivity contribution in [3.05, 3.63) is 69.3 Å². The summed E-state index contributed by atoms with van der Waals surface area (Å²) in [5.74, 6) is -1.94. The summed E-state index contributed by atoms with van der Waals surface area (Å²) in [7, 11) is 1.24. The number of ether oxygens (including phenoxy) is 2. The van der Waals surface area contributed by atoms with Gasteiger partial charge in [-0.05, 0) is 37.3 Å². The fourth-order valence-corrected chi connectivity index (χ4v) is 2.24. The Balaban J connectivity index is 1.95. The van der Waals surface area contributed by atoms with Crippen LogP contribution in [0, 0.1) is 17.0 Å². The van der Waals surface area contributed by atoms with Gasteiger partial charge in [-0.3, -0.25) is 14.9 Å². The molecule has 27 heavy (non-hydrogen) atoms. The highest BCUT2D eigenvalue weighted by molar-refractivity contribution is 5.97. The molecule has 0 heterocycles. The molecule has 0 aliphatic heterocycles. The van der Waals surface area contributed by atoms with Crippen molar-refractivity contribution >= 4 is 29.2 Å². The van der Waals surface area contributed by atoms with E-state index in [1.54, 1.807) is 12.1 Å². The SMILES string of the molecule is COC(=O)c1cccc(NC(=O)COC(=O)c2ccc([N+](=O)[O-])c(C)c2)c1. The highest BCUT2D eigenvalue weighted by Gasteiger charge is 2.16. The van der Waals surface area contributed by atoms with Crippen LogP contribution in [0.5, 0.6) is 0 Å². The Kier molecular flexibility index (Phi) is 6.21. The van der Waals surface area contributed by atoms with Crippen LogP contribution >= 0.6 is 0 Å². The number of hydrogen-bond donors (Lipinski definition) is 1. The predicted molar refractivity (Wildman–Crippen MR) is 94.5 cm³/mol. The van der Waals surface area contributed by atoms with Gasteiger partial charge >= 0.3 is 11.9 Å². The zero-order chi connectivity index (χ0) is 20.0. The number of aryl methyl sites for hydroxylation is 1. The molecule has 9 heteroatoms. The van der Waals surface area contributed by atoms with E-state index < -0.39 is 29.4 Å². The molecule has 1 amide bonds. The van der Waals surface area contributed by atoms with Crippen molar-refractivity contribution in [3.8, 4) is 0 Å². The Hall–Kier alpha value is -3.75. The second kappa shape index (κ2) is 8.56. The second-order valence-corrected chi connectivity index (χ2v) is 5.46. The Morgan fingerprint density at radius 1 is 1.07 bits per heavy atom. The largest absolute Gasteiger partial charge is 0.465 e. The van der Waals surface area contributed by atoms with E-state index in [2.05, 4.69) is 10.1 Å². The van der Waals surface area contributed by atoms with Gasteiger partial charge in [0.25, 0.3) is 11.6 Å². The summed E-state index contributed by atoms with van der Waals surface area (Å²) >= 11 is 0. The van der Waals surface area contributed by atoms with Gasteiger partial charge in [-0.15, -0.1) is 0 Å². The number of carbonyl (C=O) groups is 3. The van der Waals surface area contributed by atoms with Crippen molar-refractivity contribution in [2.45, 2.75) is 6.92 Å². The molecule has 140 valence electrons. The summed E-state index contributed by atoms with van der Waals surface area (Å²) in [5, 5.41) is 13.3. The van der Waals surface area contributed by atoms with E-state index in [9.17, 15) is 24.5 Å². The number of carbonyl (C=O) groups excluding carboxylic acids is 3. The minimum Gasteiger partial charge on any atom is -0.465 e. The fraction of sp³-hybridized carbons (Fsp3) is 0.167. The van der Waals surface area contributed by atoms with Crippen LogP contribution < -0.4 is 5.32 Å². The van der Waals surface area contributed by atoms with Gasteiger partial charge in [0.1, 0.15) is 0 Å².